The molecule has 0 fully saturated rings. The van der Waals surface area contributed by atoms with Gasteiger partial charge in [-0.05, 0) is 87.3 Å². The number of pyridine rings is 2. The molecule has 7 heteroatoms. The molecule has 10 aromatic rings. The fourth-order valence-electron chi connectivity index (χ4n) is 9.36. The molecule has 1 radical (unpaired) electrons. The van der Waals surface area contributed by atoms with E-state index in [-0.39, 0.29) is 26.0 Å². The summed E-state index contributed by atoms with van der Waals surface area (Å²) < 4.78 is 9.06. The van der Waals surface area contributed by atoms with Crippen LogP contribution in [0.1, 0.15) is 75.6 Å². The quantitative estimate of drug-likeness (QED) is 0.107. The molecule has 0 saturated heterocycles. The topological polar surface area (TPSA) is 56.7 Å². The number of nitrogens with zero attached hydrogens (tertiary/aromatic N) is 4. The summed E-state index contributed by atoms with van der Waals surface area (Å²) in [6.45, 7) is 23.0. The second kappa shape index (κ2) is 19.1. The molecule has 0 aliphatic rings. The van der Waals surface area contributed by atoms with Gasteiger partial charge in [-0.2, -0.15) is 0 Å². The molecule has 0 aliphatic carbocycles. The Bertz CT molecular complexity index is 3330. The van der Waals surface area contributed by atoms with Crippen molar-refractivity contribution in [2.45, 2.75) is 86.4 Å². The number of fused-ring (bicyclic) bond motifs is 5. The van der Waals surface area contributed by atoms with Gasteiger partial charge in [-0.1, -0.05) is 157 Å². The summed E-state index contributed by atoms with van der Waals surface area (Å²) in [5.74, 6) is 2.07. The maximum atomic E-state index is 6.70. The zero-order valence-corrected chi connectivity index (χ0v) is 43.1. The standard InChI is InChI=1S/C41H34N3O.C18H24NSi.Ir/c1-24(2)32-23-28-15-9-10-16-29(28)36(25(3)4)38(32)44-35-18-12-11-17-34(35)42-40(44)31-20-19-26(5)37-30-21-22-33(27-13-7-6-8-14-27)43-41(30)45-39(31)37;1-14(2)11-16-12-17(15-9-7-6-8-10-15)19-13-18(16)20(3,4)5;/h6-19,21-25H,1-5H3;6-9,12-14H,11H2,1-5H3;/q2*-1;. The molecular formula is C59H58IrN4OSi-2. The summed E-state index contributed by atoms with van der Waals surface area (Å²) in [7, 11) is -1.34. The first-order valence-electron chi connectivity index (χ1n) is 23.1. The second-order valence-electron chi connectivity index (χ2n) is 19.4. The smallest absolute Gasteiger partial charge is 0.216 e. The number of aromatic nitrogens is 4. The van der Waals surface area contributed by atoms with Gasteiger partial charge in [0.15, 0.2) is 0 Å². The number of furan rings is 1. The molecule has 66 heavy (non-hydrogen) atoms. The van der Waals surface area contributed by atoms with Crippen molar-refractivity contribution in [2.24, 2.45) is 5.92 Å². The van der Waals surface area contributed by atoms with Crippen LogP contribution in [-0.2, 0) is 26.5 Å². The average Bonchev–Trinajstić information content (AvgIpc) is 3.88. The van der Waals surface area contributed by atoms with Gasteiger partial charge in [-0.15, -0.1) is 53.6 Å². The average molecular weight is 1060 g/mol. The minimum Gasteiger partial charge on any atom is -0.486 e. The van der Waals surface area contributed by atoms with Gasteiger partial charge < -0.3 is 14.0 Å². The number of hydrogen-bond acceptors (Lipinski definition) is 4. The van der Waals surface area contributed by atoms with Crippen LogP contribution in [0, 0.1) is 25.0 Å². The summed E-state index contributed by atoms with van der Waals surface area (Å²) in [6.07, 6.45) is 3.24. The molecule has 4 aromatic heterocycles. The first kappa shape index (κ1) is 46.5. The third kappa shape index (κ3) is 8.97. The molecular weight excluding hydrogens is 1000 g/mol. The molecule has 0 N–H and O–H groups in total. The largest absolute Gasteiger partial charge is 0.486 e. The molecule has 0 bridgehead atoms. The van der Waals surface area contributed by atoms with Gasteiger partial charge in [0.1, 0.15) is 0 Å². The van der Waals surface area contributed by atoms with E-state index in [1.165, 1.54) is 38.3 Å². The van der Waals surface area contributed by atoms with E-state index in [4.69, 9.17) is 14.4 Å². The van der Waals surface area contributed by atoms with E-state index < -0.39 is 8.07 Å². The van der Waals surface area contributed by atoms with Crippen LogP contribution in [0.5, 0.6) is 0 Å². The van der Waals surface area contributed by atoms with Crippen molar-refractivity contribution in [3.05, 3.63) is 174 Å². The Morgan fingerprint density at radius 2 is 1.44 bits per heavy atom. The number of benzene rings is 6. The van der Waals surface area contributed by atoms with E-state index in [1.54, 1.807) is 0 Å². The van der Waals surface area contributed by atoms with E-state index in [2.05, 4.69) is 193 Å². The van der Waals surface area contributed by atoms with Crippen LogP contribution in [0.25, 0.3) is 83.5 Å². The molecule has 5 nitrogen and oxygen atoms in total. The Labute approximate surface area is 404 Å². The zero-order chi connectivity index (χ0) is 45.6. The minimum atomic E-state index is -1.34. The van der Waals surface area contributed by atoms with Crippen LogP contribution in [0.2, 0.25) is 19.6 Å². The third-order valence-corrected chi connectivity index (χ3v) is 14.5. The van der Waals surface area contributed by atoms with Gasteiger partial charge in [0, 0.05) is 42.9 Å². The molecule has 335 valence electrons. The number of hydrogen-bond donors (Lipinski definition) is 0. The Kier molecular flexibility index (Phi) is 13.5. The van der Waals surface area contributed by atoms with Crippen molar-refractivity contribution < 1.29 is 24.5 Å². The molecule has 4 heterocycles. The van der Waals surface area contributed by atoms with E-state index in [0.717, 1.165) is 73.3 Å². The minimum absolute atomic E-state index is 0. The monoisotopic (exact) mass is 1060 g/mol. The van der Waals surface area contributed by atoms with Gasteiger partial charge in [0.05, 0.1) is 36.2 Å². The maximum absolute atomic E-state index is 6.70. The summed E-state index contributed by atoms with van der Waals surface area (Å²) >= 11 is 0. The van der Waals surface area contributed by atoms with Crippen molar-refractivity contribution in [3.63, 3.8) is 0 Å². The van der Waals surface area contributed by atoms with Gasteiger partial charge >= 0.3 is 0 Å². The number of rotatable bonds is 9. The van der Waals surface area contributed by atoms with Crippen LogP contribution >= 0.6 is 0 Å². The predicted molar refractivity (Wildman–Crippen MR) is 276 cm³/mol. The molecule has 0 spiro atoms. The van der Waals surface area contributed by atoms with E-state index in [9.17, 15) is 0 Å². The molecule has 0 saturated carbocycles. The van der Waals surface area contributed by atoms with Crippen LogP contribution in [0.15, 0.2) is 144 Å². The first-order chi connectivity index (χ1) is 31.3. The summed E-state index contributed by atoms with van der Waals surface area (Å²) in [5, 5.41) is 6.08. The van der Waals surface area contributed by atoms with Gasteiger partial charge in [-0.25, -0.2) is 4.98 Å². The zero-order valence-electron chi connectivity index (χ0n) is 39.7. The molecule has 0 unspecified atom stereocenters. The Morgan fingerprint density at radius 3 is 2.15 bits per heavy atom. The first-order valence-corrected chi connectivity index (χ1v) is 26.6. The molecule has 0 aliphatic heterocycles. The summed E-state index contributed by atoms with van der Waals surface area (Å²) in [4.78, 5) is 15.0. The SMILES string of the molecule is CC(C)Cc1cc(-c2[c-]cccc2)ncc1[Si](C)(C)C.Cc1c[c-]c(-c2nc3ccccc3n2-c2c(C(C)C)cc3ccccc3c2C(C)C)c2oc3nc(-c4ccccc4)ccc3c12.[Ir]. The van der Waals surface area contributed by atoms with E-state index >= 15 is 0 Å². The fourth-order valence-corrected chi connectivity index (χ4v) is 11.0. The summed E-state index contributed by atoms with van der Waals surface area (Å²) in [6, 6.07) is 53.3. The predicted octanol–water partition coefficient (Wildman–Crippen LogP) is 15.5. The second-order valence-corrected chi connectivity index (χ2v) is 24.5. The van der Waals surface area contributed by atoms with Gasteiger partial charge in [0.2, 0.25) is 5.71 Å². The van der Waals surface area contributed by atoms with Crippen molar-refractivity contribution in [3.8, 4) is 39.6 Å². The summed E-state index contributed by atoms with van der Waals surface area (Å²) in [5.41, 5.74) is 14.7. The van der Waals surface area contributed by atoms with Crippen LogP contribution in [0.3, 0.4) is 0 Å². The van der Waals surface area contributed by atoms with Gasteiger partial charge in [-0.3, -0.25) is 4.98 Å². The van der Waals surface area contributed by atoms with E-state index in [0.29, 0.717) is 17.5 Å². The van der Waals surface area contributed by atoms with Crippen molar-refractivity contribution >= 4 is 57.1 Å². The van der Waals surface area contributed by atoms with Crippen molar-refractivity contribution in [1.82, 2.24) is 19.5 Å². The number of para-hydroxylation sites is 2. The van der Waals surface area contributed by atoms with Crippen LogP contribution in [0.4, 0.5) is 0 Å². The Balaban J connectivity index is 0.000000238. The normalized spacial score (nSPS) is 11.8. The van der Waals surface area contributed by atoms with E-state index in [1.807, 2.05) is 36.4 Å². The Hall–Kier alpha value is -5.98. The van der Waals surface area contributed by atoms with Crippen LogP contribution < -0.4 is 5.19 Å². The molecule has 10 rings (SSSR count). The molecule has 0 atom stereocenters. The molecule has 6 aromatic carbocycles. The third-order valence-electron chi connectivity index (χ3n) is 12.4. The number of aryl methyl sites for hydroxylation is 1. The number of imidazole rings is 1. The van der Waals surface area contributed by atoms with Crippen molar-refractivity contribution in [2.75, 3.05) is 0 Å². The Morgan fingerprint density at radius 1 is 0.712 bits per heavy atom. The molecule has 0 amide bonds. The maximum Gasteiger partial charge on any atom is 0.216 e. The van der Waals surface area contributed by atoms with Crippen LogP contribution in [-0.4, -0.2) is 27.6 Å². The van der Waals surface area contributed by atoms with Crippen molar-refractivity contribution in [1.29, 1.82) is 0 Å². The fraction of sp³-hybridized carbons (Fsp3) is 0.237. The van der Waals surface area contributed by atoms with Gasteiger partial charge in [0.25, 0.3) is 0 Å².